The van der Waals surface area contributed by atoms with Crippen molar-refractivity contribution in [3.05, 3.63) is 73.6 Å². The van der Waals surface area contributed by atoms with Gasteiger partial charge < -0.3 is 15.4 Å². The van der Waals surface area contributed by atoms with Crippen LogP contribution < -0.4 is 10.6 Å². The Morgan fingerprint density at radius 3 is 2.58 bits per heavy atom. The van der Waals surface area contributed by atoms with Crippen molar-refractivity contribution in [2.45, 2.75) is 51.7 Å². The third kappa shape index (κ3) is 7.74. The van der Waals surface area contributed by atoms with E-state index in [-0.39, 0.29) is 11.9 Å². The van der Waals surface area contributed by atoms with E-state index in [2.05, 4.69) is 28.8 Å². The van der Waals surface area contributed by atoms with Crippen LogP contribution in [0.3, 0.4) is 0 Å². The first-order valence-electron chi connectivity index (χ1n) is 10.3. The molecule has 1 heterocycles. The third-order valence-corrected chi connectivity index (χ3v) is 4.32. The van der Waals surface area contributed by atoms with E-state index in [9.17, 15) is 9.59 Å². The number of nitrogens with zero attached hydrogens (tertiary/aromatic N) is 1. The second kappa shape index (κ2) is 11.1. The maximum absolute atomic E-state index is 12.3. The van der Waals surface area contributed by atoms with E-state index in [1.165, 1.54) is 0 Å². The fourth-order valence-corrected chi connectivity index (χ4v) is 2.97. The summed E-state index contributed by atoms with van der Waals surface area (Å²) in [6.07, 6.45) is 6.11. The van der Waals surface area contributed by atoms with Crippen LogP contribution in [0, 0.1) is 0 Å². The van der Waals surface area contributed by atoms with Crippen LogP contribution >= 0.6 is 0 Å². The number of rotatable bonds is 9. The Morgan fingerprint density at radius 2 is 1.90 bits per heavy atom. The van der Waals surface area contributed by atoms with E-state index >= 15 is 0 Å². The van der Waals surface area contributed by atoms with Crippen LogP contribution in [0.4, 0.5) is 10.5 Å². The molecule has 0 fully saturated rings. The van der Waals surface area contributed by atoms with Gasteiger partial charge in [-0.15, -0.1) is 13.2 Å². The van der Waals surface area contributed by atoms with Crippen LogP contribution in [-0.2, 0) is 9.53 Å². The lowest BCUT2D eigenvalue weighted by molar-refractivity contribution is -0.116. The molecule has 2 amide bonds. The van der Waals surface area contributed by atoms with Crippen LogP contribution in [0.2, 0.25) is 0 Å². The van der Waals surface area contributed by atoms with Gasteiger partial charge in [0, 0.05) is 23.9 Å². The molecule has 2 rings (SSSR count). The molecule has 6 heteroatoms. The van der Waals surface area contributed by atoms with Crippen LogP contribution in [0.5, 0.6) is 0 Å². The highest BCUT2D eigenvalue weighted by atomic mass is 16.6. The number of carbonyl (C=O) groups excluding carboxylic acids is 2. The van der Waals surface area contributed by atoms with Crippen LogP contribution in [0.25, 0.3) is 11.1 Å². The Bertz CT molecular complexity index is 932. The van der Waals surface area contributed by atoms with Crippen molar-refractivity contribution in [3.8, 4) is 11.1 Å². The summed E-state index contributed by atoms with van der Waals surface area (Å²) in [4.78, 5) is 28.9. The van der Waals surface area contributed by atoms with Gasteiger partial charge in [-0.3, -0.25) is 9.78 Å². The number of para-hydroxylation sites is 1. The zero-order valence-electron chi connectivity index (χ0n) is 18.5. The van der Waals surface area contributed by atoms with Gasteiger partial charge in [-0.05, 0) is 57.4 Å². The Morgan fingerprint density at radius 1 is 1.16 bits per heavy atom. The largest absolute Gasteiger partial charge is 0.444 e. The molecular formula is C25H31N3O3. The first-order valence-corrected chi connectivity index (χ1v) is 10.3. The quantitative estimate of drug-likeness (QED) is 0.502. The number of amides is 2. The standard InChI is InChI=1S/C25H31N3O3/c1-6-8-14-23(29)27-20-13-10-9-12-19(20)18-15-16-26-22(17-18)21(11-7-2)28-24(30)31-25(3,4)5/h6-7,9-10,12-13,15-17,21H,1-2,8,11,14H2,3-5H3,(H,27,29)(H,28,30)/t21-/m0/s1. The summed E-state index contributed by atoms with van der Waals surface area (Å²) in [5.74, 6) is -0.0715. The van der Waals surface area contributed by atoms with Crippen LogP contribution in [0.15, 0.2) is 67.9 Å². The monoisotopic (exact) mass is 421 g/mol. The van der Waals surface area contributed by atoms with Crippen molar-refractivity contribution in [2.24, 2.45) is 0 Å². The predicted molar refractivity (Wildman–Crippen MR) is 125 cm³/mol. The molecule has 6 nitrogen and oxygen atoms in total. The van der Waals surface area contributed by atoms with Crippen molar-refractivity contribution < 1.29 is 14.3 Å². The van der Waals surface area contributed by atoms with Crippen molar-refractivity contribution >= 4 is 17.7 Å². The van der Waals surface area contributed by atoms with Crippen molar-refractivity contribution in [1.82, 2.24) is 10.3 Å². The highest BCUT2D eigenvalue weighted by Crippen LogP contribution is 2.30. The number of aromatic nitrogens is 1. The van der Waals surface area contributed by atoms with E-state index in [1.807, 2.05) is 57.2 Å². The molecule has 0 saturated heterocycles. The second-order valence-electron chi connectivity index (χ2n) is 8.11. The van der Waals surface area contributed by atoms with Gasteiger partial charge in [0.05, 0.1) is 11.7 Å². The molecule has 0 saturated carbocycles. The molecule has 1 aromatic heterocycles. The van der Waals surface area contributed by atoms with E-state index in [0.717, 1.165) is 11.1 Å². The van der Waals surface area contributed by atoms with Crippen LogP contribution in [-0.4, -0.2) is 22.6 Å². The highest BCUT2D eigenvalue weighted by molar-refractivity contribution is 5.95. The number of hydrogen-bond acceptors (Lipinski definition) is 4. The first kappa shape index (κ1) is 23.9. The molecule has 2 aromatic rings. The number of carbonyl (C=O) groups is 2. The lowest BCUT2D eigenvalue weighted by Crippen LogP contribution is -2.35. The van der Waals surface area contributed by atoms with E-state index in [1.54, 1.807) is 18.3 Å². The molecule has 0 radical (unpaired) electrons. The first-order chi connectivity index (χ1) is 14.7. The molecule has 0 aliphatic heterocycles. The summed E-state index contributed by atoms with van der Waals surface area (Å²) in [5.41, 5.74) is 2.54. The molecule has 0 spiro atoms. The fourth-order valence-electron chi connectivity index (χ4n) is 2.97. The van der Waals surface area contributed by atoms with E-state index < -0.39 is 11.7 Å². The topological polar surface area (TPSA) is 80.3 Å². The second-order valence-corrected chi connectivity index (χ2v) is 8.11. The smallest absolute Gasteiger partial charge is 0.408 e. The minimum absolute atomic E-state index is 0.0715. The van der Waals surface area contributed by atoms with Gasteiger partial charge in [-0.25, -0.2) is 4.79 Å². The van der Waals surface area contributed by atoms with Gasteiger partial charge >= 0.3 is 6.09 Å². The number of benzene rings is 1. The number of pyridine rings is 1. The zero-order chi connectivity index (χ0) is 22.9. The van der Waals surface area contributed by atoms with Gasteiger partial charge in [-0.1, -0.05) is 30.4 Å². The normalized spacial score (nSPS) is 11.8. The number of allylic oxidation sites excluding steroid dienone is 1. The van der Waals surface area contributed by atoms with E-state index in [4.69, 9.17) is 4.74 Å². The third-order valence-electron chi connectivity index (χ3n) is 4.32. The Labute approximate surface area is 184 Å². The maximum atomic E-state index is 12.3. The lowest BCUT2D eigenvalue weighted by atomic mass is 10.0. The molecule has 31 heavy (non-hydrogen) atoms. The van der Waals surface area contributed by atoms with Gasteiger partial charge in [0.1, 0.15) is 5.60 Å². The SMILES string of the molecule is C=CCCC(=O)Nc1ccccc1-c1ccnc([C@H](CC=C)NC(=O)OC(C)(C)C)c1. The summed E-state index contributed by atoms with van der Waals surface area (Å²) in [6.45, 7) is 12.9. The summed E-state index contributed by atoms with van der Waals surface area (Å²) in [6, 6.07) is 11.0. The summed E-state index contributed by atoms with van der Waals surface area (Å²) in [7, 11) is 0. The average Bonchev–Trinajstić information content (AvgIpc) is 2.71. The molecule has 1 aromatic carbocycles. The Kier molecular flexibility index (Phi) is 8.55. The minimum Gasteiger partial charge on any atom is -0.444 e. The summed E-state index contributed by atoms with van der Waals surface area (Å²) in [5, 5.41) is 5.83. The number of nitrogens with one attached hydrogen (secondary N) is 2. The zero-order valence-corrected chi connectivity index (χ0v) is 18.5. The van der Waals surface area contributed by atoms with Crippen LogP contribution in [0.1, 0.15) is 51.8 Å². The molecule has 0 aliphatic carbocycles. The minimum atomic E-state index is -0.596. The van der Waals surface area contributed by atoms with Crippen molar-refractivity contribution in [1.29, 1.82) is 0 Å². The molecular weight excluding hydrogens is 390 g/mol. The van der Waals surface area contributed by atoms with Gasteiger partial charge in [0.2, 0.25) is 5.91 Å². The van der Waals surface area contributed by atoms with Gasteiger partial charge in [-0.2, -0.15) is 0 Å². The molecule has 164 valence electrons. The van der Waals surface area contributed by atoms with Gasteiger partial charge in [0.25, 0.3) is 0 Å². The maximum Gasteiger partial charge on any atom is 0.408 e. The van der Waals surface area contributed by atoms with E-state index in [0.29, 0.717) is 30.6 Å². The fraction of sp³-hybridized carbons (Fsp3) is 0.320. The predicted octanol–water partition coefficient (Wildman–Crippen LogP) is 5.80. The molecule has 0 bridgehead atoms. The molecule has 1 atom stereocenters. The molecule has 0 unspecified atom stereocenters. The Balaban J connectivity index is 2.29. The number of ether oxygens (including phenoxy) is 1. The Hall–Kier alpha value is -3.41. The molecule has 2 N–H and O–H groups in total. The summed E-state index contributed by atoms with van der Waals surface area (Å²) < 4.78 is 5.38. The number of hydrogen-bond donors (Lipinski definition) is 2. The van der Waals surface area contributed by atoms with Crippen molar-refractivity contribution in [3.63, 3.8) is 0 Å². The lowest BCUT2D eigenvalue weighted by Gasteiger charge is -2.23. The number of alkyl carbamates (subject to hydrolysis) is 1. The highest BCUT2D eigenvalue weighted by Gasteiger charge is 2.21. The summed E-state index contributed by atoms with van der Waals surface area (Å²) >= 11 is 0. The molecule has 0 aliphatic rings. The van der Waals surface area contributed by atoms with Gasteiger partial charge in [0.15, 0.2) is 0 Å². The van der Waals surface area contributed by atoms with Crippen molar-refractivity contribution in [2.75, 3.05) is 5.32 Å². The number of anilines is 1. The average molecular weight is 422 g/mol.